The molecule has 18 heavy (non-hydrogen) atoms. The Morgan fingerprint density at radius 3 is 2.39 bits per heavy atom. The number of benzene rings is 1. The fourth-order valence-electron chi connectivity index (χ4n) is 1.83. The summed E-state index contributed by atoms with van der Waals surface area (Å²) in [7, 11) is 1.55. The zero-order valence-electron chi connectivity index (χ0n) is 10.7. The molecule has 2 N–H and O–H groups in total. The molecule has 0 aromatic heterocycles. The fourth-order valence-corrected chi connectivity index (χ4v) is 2.07. The maximum atomic E-state index is 11.0. The standard InChI is InChI=1S/C13H18ClNO3/c1-8(2)11(18-13(15)16)12(17-3)9-6-4-5-7-10(9)14/h4-8,11-12H,1-3H3,(H2,15,16). The Balaban J connectivity index is 3.06. The first kappa shape index (κ1) is 14.8. The molecule has 0 bridgehead atoms. The van der Waals surface area contributed by atoms with Crippen molar-refractivity contribution < 1.29 is 14.3 Å². The summed E-state index contributed by atoms with van der Waals surface area (Å²) in [5.74, 6) is 0.0544. The van der Waals surface area contributed by atoms with E-state index in [1.165, 1.54) is 0 Å². The van der Waals surface area contributed by atoms with Crippen LogP contribution in [0.5, 0.6) is 0 Å². The number of carbonyl (C=O) groups excluding carboxylic acids is 1. The van der Waals surface area contributed by atoms with Crippen LogP contribution in [0.3, 0.4) is 0 Å². The second-order valence-electron chi connectivity index (χ2n) is 4.32. The van der Waals surface area contributed by atoms with Crippen LogP contribution in [0, 0.1) is 5.92 Å². The molecule has 0 aliphatic heterocycles. The van der Waals surface area contributed by atoms with Crippen LogP contribution in [-0.2, 0) is 9.47 Å². The average molecular weight is 272 g/mol. The van der Waals surface area contributed by atoms with Crippen LogP contribution in [0.2, 0.25) is 5.02 Å². The highest BCUT2D eigenvalue weighted by Gasteiger charge is 2.30. The lowest BCUT2D eigenvalue weighted by Crippen LogP contribution is -2.33. The lowest BCUT2D eigenvalue weighted by atomic mass is 9.95. The van der Waals surface area contributed by atoms with E-state index in [0.717, 1.165) is 5.56 Å². The van der Waals surface area contributed by atoms with E-state index >= 15 is 0 Å². The van der Waals surface area contributed by atoms with E-state index in [1.54, 1.807) is 13.2 Å². The van der Waals surface area contributed by atoms with Gasteiger partial charge in [0, 0.05) is 17.7 Å². The minimum Gasteiger partial charge on any atom is -0.443 e. The van der Waals surface area contributed by atoms with Crippen molar-refractivity contribution in [3.05, 3.63) is 34.9 Å². The van der Waals surface area contributed by atoms with Crippen molar-refractivity contribution in [1.82, 2.24) is 0 Å². The van der Waals surface area contributed by atoms with Crippen LogP contribution < -0.4 is 5.73 Å². The summed E-state index contributed by atoms with van der Waals surface area (Å²) >= 11 is 6.13. The van der Waals surface area contributed by atoms with Crippen LogP contribution in [0.4, 0.5) is 4.79 Å². The Morgan fingerprint density at radius 2 is 1.94 bits per heavy atom. The average Bonchev–Trinajstić information content (AvgIpc) is 2.30. The van der Waals surface area contributed by atoms with E-state index in [9.17, 15) is 4.79 Å². The van der Waals surface area contributed by atoms with Crippen molar-refractivity contribution in [2.24, 2.45) is 11.7 Å². The molecule has 1 amide bonds. The van der Waals surface area contributed by atoms with Gasteiger partial charge in [-0.25, -0.2) is 4.79 Å². The van der Waals surface area contributed by atoms with E-state index < -0.39 is 18.3 Å². The summed E-state index contributed by atoms with van der Waals surface area (Å²) in [6, 6.07) is 7.30. The van der Waals surface area contributed by atoms with Gasteiger partial charge in [-0.3, -0.25) is 0 Å². The Hall–Kier alpha value is -1.26. The van der Waals surface area contributed by atoms with Crippen molar-refractivity contribution in [2.75, 3.05) is 7.11 Å². The van der Waals surface area contributed by atoms with Gasteiger partial charge in [0.05, 0.1) is 0 Å². The Labute approximate surface area is 112 Å². The number of hydrogen-bond donors (Lipinski definition) is 1. The van der Waals surface area contributed by atoms with Gasteiger partial charge < -0.3 is 15.2 Å². The molecule has 1 aromatic rings. The highest BCUT2D eigenvalue weighted by molar-refractivity contribution is 6.31. The molecule has 0 heterocycles. The minimum absolute atomic E-state index is 0.0544. The van der Waals surface area contributed by atoms with Crippen molar-refractivity contribution >= 4 is 17.7 Å². The summed E-state index contributed by atoms with van der Waals surface area (Å²) < 4.78 is 10.6. The minimum atomic E-state index is -0.817. The number of primary amides is 1. The van der Waals surface area contributed by atoms with Gasteiger partial charge in [0.25, 0.3) is 0 Å². The van der Waals surface area contributed by atoms with Crippen LogP contribution in [0.15, 0.2) is 24.3 Å². The fraction of sp³-hybridized carbons (Fsp3) is 0.462. The Bertz CT molecular complexity index is 409. The summed E-state index contributed by atoms with van der Waals surface area (Å²) in [6.07, 6.45) is -1.73. The normalized spacial score (nSPS) is 14.3. The van der Waals surface area contributed by atoms with E-state index in [1.807, 2.05) is 32.0 Å². The molecule has 0 fully saturated rings. The predicted molar refractivity (Wildman–Crippen MR) is 70.5 cm³/mol. The van der Waals surface area contributed by atoms with Crippen molar-refractivity contribution in [3.63, 3.8) is 0 Å². The molecule has 4 nitrogen and oxygen atoms in total. The maximum Gasteiger partial charge on any atom is 0.404 e. The van der Waals surface area contributed by atoms with E-state index in [4.69, 9.17) is 26.8 Å². The van der Waals surface area contributed by atoms with Crippen molar-refractivity contribution in [2.45, 2.75) is 26.1 Å². The highest BCUT2D eigenvalue weighted by Crippen LogP contribution is 2.32. The van der Waals surface area contributed by atoms with E-state index in [-0.39, 0.29) is 5.92 Å². The smallest absolute Gasteiger partial charge is 0.404 e. The summed E-state index contributed by atoms with van der Waals surface area (Å²) in [4.78, 5) is 11.0. The molecule has 0 saturated carbocycles. The predicted octanol–water partition coefficient (Wildman–Crippen LogP) is 3.15. The summed E-state index contributed by atoms with van der Waals surface area (Å²) in [6.45, 7) is 3.85. The Morgan fingerprint density at radius 1 is 1.33 bits per heavy atom. The van der Waals surface area contributed by atoms with Crippen molar-refractivity contribution in [1.29, 1.82) is 0 Å². The van der Waals surface area contributed by atoms with Gasteiger partial charge in [0.2, 0.25) is 0 Å². The number of rotatable bonds is 5. The van der Waals surface area contributed by atoms with Gasteiger partial charge in [-0.05, 0) is 12.0 Å². The molecule has 0 aliphatic carbocycles. The largest absolute Gasteiger partial charge is 0.443 e. The molecule has 1 aromatic carbocycles. The molecule has 5 heteroatoms. The Kier molecular flexibility index (Phi) is 5.44. The third kappa shape index (κ3) is 3.62. The molecule has 1 rings (SSSR count). The number of carbonyl (C=O) groups is 1. The molecule has 100 valence electrons. The van der Waals surface area contributed by atoms with Crippen LogP contribution in [-0.4, -0.2) is 19.3 Å². The van der Waals surface area contributed by atoms with Gasteiger partial charge in [0.1, 0.15) is 12.2 Å². The molecule has 0 spiro atoms. The molecular formula is C13H18ClNO3. The van der Waals surface area contributed by atoms with Gasteiger partial charge in [-0.1, -0.05) is 43.6 Å². The topological polar surface area (TPSA) is 61.6 Å². The van der Waals surface area contributed by atoms with Crippen LogP contribution >= 0.6 is 11.6 Å². The first-order valence-electron chi connectivity index (χ1n) is 5.70. The number of amides is 1. The first-order valence-corrected chi connectivity index (χ1v) is 6.08. The molecule has 0 radical (unpaired) electrons. The summed E-state index contributed by atoms with van der Waals surface area (Å²) in [5, 5.41) is 0.572. The third-order valence-corrected chi connectivity index (χ3v) is 3.02. The lowest BCUT2D eigenvalue weighted by molar-refractivity contribution is -0.0423. The highest BCUT2D eigenvalue weighted by atomic mass is 35.5. The number of ether oxygens (including phenoxy) is 2. The van der Waals surface area contributed by atoms with Gasteiger partial charge in [0.15, 0.2) is 0 Å². The second-order valence-corrected chi connectivity index (χ2v) is 4.73. The third-order valence-electron chi connectivity index (χ3n) is 2.67. The maximum absolute atomic E-state index is 11.0. The van der Waals surface area contributed by atoms with Gasteiger partial charge in [-0.2, -0.15) is 0 Å². The van der Waals surface area contributed by atoms with Crippen molar-refractivity contribution in [3.8, 4) is 0 Å². The molecule has 0 saturated heterocycles. The second kappa shape index (κ2) is 6.61. The quantitative estimate of drug-likeness (QED) is 0.895. The number of hydrogen-bond acceptors (Lipinski definition) is 3. The van der Waals surface area contributed by atoms with Gasteiger partial charge in [-0.15, -0.1) is 0 Å². The number of nitrogens with two attached hydrogens (primary N) is 1. The zero-order valence-corrected chi connectivity index (χ0v) is 11.5. The zero-order chi connectivity index (χ0) is 13.7. The monoisotopic (exact) mass is 271 g/mol. The van der Waals surface area contributed by atoms with Gasteiger partial charge >= 0.3 is 6.09 Å². The lowest BCUT2D eigenvalue weighted by Gasteiger charge is -2.29. The number of methoxy groups -OCH3 is 1. The molecule has 2 atom stereocenters. The SMILES string of the molecule is COC(c1ccccc1Cl)C(OC(N)=O)C(C)C. The molecule has 2 unspecified atom stereocenters. The molecular weight excluding hydrogens is 254 g/mol. The molecule has 0 aliphatic rings. The number of halogens is 1. The van der Waals surface area contributed by atoms with Crippen LogP contribution in [0.25, 0.3) is 0 Å². The van der Waals surface area contributed by atoms with Crippen LogP contribution in [0.1, 0.15) is 25.5 Å². The summed E-state index contributed by atoms with van der Waals surface area (Å²) in [5.41, 5.74) is 5.87. The van der Waals surface area contributed by atoms with E-state index in [0.29, 0.717) is 5.02 Å². The first-order chi connectivity index (χ1) is 8.47. The van der Waals surface area contributed by atoms with E-state index in [2.05, 4.69) is 0 Å².